The quantitative estimate of drug-likeness (QED) is 0.751. The van der Waals surface area contributed by atoms with Crippen molar-refractivity contribution in [3.8, 4) is 0 Å². The van der Waals surface area contributed by atoms with Crippen LogP contribution < -0.4 is 10.3 Å². The summed E-state index contributed by atoms with van der Waals surface area (Å²) < 4.78 is 39.8. The molecular formula is C18H17FN2O3S. The van der Waals surface area contributed by atoms with Gasteiger partial charge in [0.2, 0.25) is 10.0 Å². The number of aryl methyl sites for hydroxylation is 2. The van der Waals surface area contributed by atoms with Crippen molar-refractivity contribution < 1.29 is 12.8 Å². The van der Waals surface area contributed by atoms with Gasteiger partial charge in [-0.1, -0.05) is 0 Å². The van der Waals surface area contributed by atoms with Crippen LogP contribution in [-0.4, -0.2) is 13.4 Å². The summed E-state index contributed by atoms with van der Waals surface area (Å²) in [7, 11) is -3.83. The van der Waals surface area contributed by atoms with Crippen molar-refractivity contribution >= 4 is 20.9 Å². The highest BCUT2D eigenvalue weighted by molar-refractivity contribution is 7.89. The summed E-state index contributed by atoms with van der Waals surface area (Å²) >= 11 is 0. The molecule has 0 bridgehead atoms. The first-order valence-electron chi connectivity index (χ1n) is 7.65. The van der Waals surface area contributed by atoms with Crippen molar-refractivity contribution in [1.82, 2.24) is 9.71 Å². The van der Waals surface area contributed by atoms with Gasteiger partial charge in [0.25, 0.3) is 5.56 Å². The number of aromatic nitrogens is 1. The Kier molecular flexibility index (Phi) is 4.45. The second kappa shape index (κ2) is 6.42. The first-order chi connectivity index (χ1) is 11.8. The molecule has 2 N–H and O–H groups in total. The molecule has 0 aliphatic carbocycles. The highest BCUT2D eigenvalue weighted by atomic mass is 32.2. The number of nitrogens with one attached hydrogen (secondary N) is 2. The molecule has 25 heavy (non-hydrogen) atoms. The molecule has 0 fully saturated rings. The van der Waals surface area contributed by atoms with Crippen LogP contribution in [0.3, 0.4) is 0 Å². The summed E-state index contributed by atoms with van der Waals surface area (Å²) in [4.78, 5) is 14.9. The summed E-state index contributed by atoms with van der Waals surface area (Å²) in [5, 5.41) is 0.832. The molecule has 0 aliphatic rings. The van der Waals surface area contributed by atoms with Crippen molar-refractivity contribution in [3.63, 3.8) is 0 Å². The van der Waals surface area contributed by atoms with E-state index in [2.05, 4.69) is 9.71 Å². The van der Waals surface area contributed by atoms with Crippen LogP contribution in [0.1, 0.15) is 16.7 Å². The van der Waals surface area contributed by atoms with Gasteiger partial charge in [0, 0.05) is 17.6 Å². The van der Waals surface area contributed by atoms with Gasteiger partial charge in [-0.15, -0.1) is 0 Å². The van der Waals surface area contributed by atoms with Crippen LogP contribution in [0, 0.1) is 19.7 Å². The van der Waals surface area contributed by atoms with Gasteiger partial charge in [0.05, 0.1) is 4.90 Å². The minimum Gasteiger partial charge on any atom is -0.322 e. The second-order valence-electron chi connectivity index (χ2n) is 5.93. The summed E-state index contributed by atoms with van der Waals surface area (Å²) in [5.74, 6) is -0.518. The number of hydrogen-bond donors (Lipinski definition) is 2. The largest absolute Gasteiger partial charge is 0.322 e. The molecule has 0 unspecified atom stereocenters. The molecule has 0 saturated heterocycles. The molecule has 5 nitrogen and oxygen atoms in total. The molecule has 130 valence electrons. The van der Waals surface area contributed by atoms with Gasteiger partial charge < -0.3 is 4.98 Å². The van der Waals surface area contributed by atoms with Gasteiger partial charge in [-0.25, -0.2) is 17.5 Å². The fourth-order valence-electron chi connectivity index (χ4n) is 2.52. The van der Waals surface area contributed by atoms with E-state index >= 15 is 0 Å². The number of sulfonamides is 1. The predicted molar refractivity (Wildman–Crippen MR) is 94.5 cm³/mol. The number of aromatic amines is 1. The second-order valence-corrected chi connectivity index (χ2v) is 7.69. The van der Waals surface area contributed by atoms with Crippen LogP contribution >= 0.6 is 0 Å². The standard InChI is InChI=1S/C18H17FN2O3S/c1-11-7-13-9-14(18(22)21-17(13)8-12(11)2)10-20-25(23,24)16-5-3-15(19)4-6-16/h3-9,20H,10H2,1-2H3,(H,21,22). The predicted octanol–water partition coefficient (Wildman–Crippen LogP) is 2.76. The third-order valence-electron chi connectivity index (χ3n) is 4.11. The van der Waals surface area contributed by atoms with Crippen LogP contribution in [0.25, 0.3) is 10.9 Å². The van der Waals surface area contributed by atoms with Crippen LogP contribution in [0.2, 0.25) is 0 Å². The number of hydrogen-bond acceptors (Lipinski definition) is 3. The van der Waals surface area contributed by atoms with Crippen molar-refractivity contribution in [1.29, 1.82) is 0 Å². The molecule has 3 rings (SSSR count). The van der Waals surface area contributed by atoms with Crippen LogP contribution in [0.4, 0.5) is 4.39 Å². The lowest BCUT2D eigenvalue weighted by Gasteiger charge is -2.09. The molecular weight excluding hydrogens is 343 g/mol. The third kappa shape index (κ3) is 3.62. The van der Waals surface area contributed by atoms with E-state index in [0.29, 0.717) is 11.1 Å². The Morgan fingerprint density at radius 2 is 1.68 bits per heavy atom. The third-order valence-corrected chi connectivity index (χ3v) is 5.53. The Hall–Kier alpha value is -2.51. The topological polar surface area (TPSA) is 79.0 Å². The highest BCUT2D eigenvalue weighted by Crippen LogP contribution is 2.17. The minimum atomic E-state index is -3.83. The van der Waals surface area contributed by atoms with Crippen LogP contribution in [-0.2, 0) is 16.6 Å². The molecule has 7 heteroatoms. The van der Waals surface area contributed by atoms with E-state index in [1.807, 2.05) is 26.0 Å². The first kappa shape index (κ1) is 17.3. The normalized spacial score (nSPS) is 11.8. The van der Waals surface area contributed by atoms with Crippen molar-refractivity contribution in [2.75, 3.05) is 0 Å². The maximum Gasteiger partial charge on any atom is 0.252 e. The Bertz CT molecular complexity index is 1100. The first-order valence-corrected chi connectivity index (χ1v) is 9.13. The van der Waals surface area contributed by atoms with E-state index in [0.717, 1.165) is 28.6 Å². The van der Waals surface area contributed by atoms with Gasteiger partial charge in [-0.3, -0.25) is 4.79 Å². The summed E-state index contributed by atoms with van der Waals surface area (Å²) in [6.07, 6.45) is 0. The van der Waals surface area contributed by atoms with Gasteiger partial charge >= 0.3 is 0 Å². The maximum atomic E-state index is 12.9. The number of pyridine rings is 1. The number of fused-ring (bicyclic) bond motifs is 1. The molecule has 0 atom stereocenters. The zero-order valence-electron chi connectivity index (χ0n) is 13.8. The molecule has 2 aromatic carbocycles. The van der Waals surface area contributed by atoms with Crippen LogP contribution in [0.5, 0.6) is 0 Å². The zero-order chi connectivity index (χ0) is 18.2. The van der Waals surface area contributed by atoms with Crippen LogP contribution in [0.15, 0.2) is 52.2 Å². The smallest absolute Gasteiger partial charge is 0.252 e. The number of rotatable bonds is 4. The number of benzene rings is 2. The Morgan fingerprint density at radius 3 is 2.36 bits per heavy atom. The summed E-state index contributed by atoms with van der Waals surface area (Å²) in [6.45, 7) is 3.77. The lowest BCUT2D eigenvalue weighted by Crippen LogP contribution is -2.27. The molecule has 0 radical (unpaired) electrons. The Balaban J connectivity index is 1.90. The van der Waals surface area contributed by atoms with E-state index in [-0.39, 0.29) is 17.0 Å². The average molecular weight is 360 g/mol. The fraction of sp³-hybridized carbons (Fsp3) is 0.167. The summed E-state index contributed by atoms with van der Waals surface area (Å²) in [6, 6.07) is 10.00. The molecule has 1 heterocycles. The minimum absolute atomic E-state index is 0.0578. The van der Waals surface area contributed by atoms with Gasteiger partial charge in [0.1, 0.15) is 5.82 Å². The highest BCUT2D eigenvalue weighted by Gasteiger charge is 2.15. The SMILES string of the molecule is Cc1cc2cc(CNS(=O)(=O)c3ccc(F)cc3)c(=O)[nH]c2cc1C. The number of halogens is 1. The van der Waals surface area contributed by atoms with E-state index in [9.17, 15) is 17.6 Å². The van der Waals surface area contributed by atoms with Gasteiger partial charge in [-0.2, -0.15) is 0 Å². The summed E-state index contributed by atoms with van der Waals surface area (Å²) in [5.41, 5.74) is 2.81. The molecule has 0 saturated carbocycles. The molecule has 0 aliphatic heterocycles. The average Bonchev–Trinajstić information content (AvgIpc) is 2.55. The Labute approximate surface area is 144 Å². The molecule has 1 aromatic heterocycles. The lowest BCUT2D eigenvalue weighted by atomic mass is 10.1. The molecule has 0 spiro atoms. The number of H-pyrrole nitrogens is 1. The van der Waals surface area contributed by atoms with E-state index < -0.39 is 15.8 Å². The van der Waals surface area contributed by atoms with Crippen molar-refractivity contribution in [2.45, 2.75) is 25.3 Å². The van der Waals surface area contributed by atoms with E-state index in [4.69, 9.17) is 0 Å². The fourth-order valence-corrected chi connectivity index (χ4v) is 3.53. The van der Waals surface area contributed by atoms with Crippen molar-refractivity contribution in [2.24, 2.45) is 0 Å². The molecule has 0 amide bonds. The zero-order valence-corrected chi connectivity index (χ0v) is 14.6. The molecule has 3 aromatic rings. The van der Waals surface area contributed by atoms with Gasteiger partial charge in [-0.05, 0) is 72.8 Å². The Morgan fingerprint density at radius 1 is 1.04 bits per heavy atom. The van der Waals surface area contributed by atoms with Crippen molar-refractivity contribution in [3.05, 3.63) is 75.3 Å². The van der Waals surface area contributed by atoms with E-state index in [1.54, 1.807) is 6.07 Å². The monoisotopic (exact) mass is 360 g/mol. The van der Waals surface area contributed by atoms with Gasteiger partial charge in [0.15, 0.2) is 0 Å². The maximum absolute atomic E-state index is 12.9. The van der Waals surface area contributed by atoms with E-state index in [1.165, 1.54) is 12.1 Å². The lowest BCUT2D eigenvalue weighted by molar-refractivity contribution is 0.580.